The van der Waals surface area contributed by atoms with Gasteiger partial charge in [0.15, 0.2) is 0 Å². The highest BCUT2D eigenvalue weighted by Gasteiger charge is 2.39. The van der Waals surface area contributed by atoms with Crippen LogP contribution in [0.25, 0.3) is 0 Å². The molecule has 0 N–H and O–H groups in total. The normalized spacial score (nSPS) is 25.2. The Morgan fingerprint density at radius 2 is 1.71 bits per heavy atom. The third kappa shape index (κ3) is 5.12. The second-order valence-electron chi connectivity index (χ2n) is 9.50. The first-order valence-corrected chi connectivity index (χ1v) is 9.25. The molecule has 0 bridgehead atoms. The van der Waals surface area contributed by atoms with Crippen molar-refractivity contribution in [2.45, 2.75) is 78.9 Å². The molecule has 0 spiro atoms. The van der Waals surface area contributed by atoms with E-state index in [2.05, 4.69) is 25.7 Å². The lowest BCUT2D eigenvalue weighted by Gasteiger charge is -2.32. The van der Waals surface area contributed by atoms with Crippen LogP contribution in [0, 0.1) is 11.3 Å². The smallest absolute Gasteiger partial charge is 0.410 e. The first kappa shape index (κ1) is 19.1. The van der Waals surface area contributed by atoms with E-state index in [0.29, 0.717) is 19.1 Å². The van der Waals surface area contributed by atoms with Gasteiger partial charge in [0.05, 0.1) is 5.92 Å². The van der Waals surface area contributed by atoms with Crippen molar-refractivity contribution in [3.63, 3.8) is 0 Å². The molecule has 2 fully saturated rings. The molecule has 0 radical (unpaired) electrons. The van der Waals surface area contributed by atoms with Crippen LogP contribution in [-0.4, -0.2) is 53.1 Å². The van der Waals surface area contributed by atoms with E-state index in [-0.39, 0.29) is 23.3 Å². The van der Waals surface area contributed by atoms with Crippen LogP contribution in [0.5, 0.6) is 0 Å². The van der Waals surface area contributed by atoms with E-state index in [1.165, 1.54) is 0 Å². The summed E-state index contributed by atoms with van der Waals surface area (Å²) in [4.78, 5) is 28.9. The molecule has 2 unspecified atom stereocenters. The SMILES string of the molecule is CC(C)(C)CC1CCCN1C(=O)C1CCN(C(=O)OC(C)(C)C)C1. The number of nitrogens with zero attached hydrogens (tertiary/aromatic N) is 2. The molecule has 138 valence electrons. The molecule has 0 aliphatic carbocycles. The van der Waals surface area contributed by atoms with Crippen LogP contribution < -0.4 is 0 Å². The molecule has 5 heteroatoms. The lowest BCUT2D eigenvalue weighted by molar-refractivity contribution is -0.136. The number of likely N-dealkylation sites (tertiary alicyclic amines) is 2. The highest BCUT2D eigenvalue weighted by atomic mass is 16.6. The minimum absolute atomic E-state index is 0.0712. The number of amides is 2. The van der Waals surface area contributed by atoms with Crippen LogP contribution in [-0.2, 0) is 9.53 Å². The van der Waals surface area contributed by atoms with Gasteiger partial charge in [-0.2, -0.15) is 0 Å². The Bertz CT molecular complexity index is 476. The van der Waals surface area contributed by atoms with Crippen molar-refractivity contribution in [1.29, 1.82) is 0 Å². The van der Waals surface area contributed by atoms with Crippen molar-refractivity contribution in [1.82, 2.24) is 9.80 Å². The Labute approximate surface area is 146 Å². The fourth-order valence-electron chi connectivity index (χ4n) is 3.73. The number of rotatable bonds is 2. The van der Waals surface area contributed by atoms with Gasteiger partial charge >= 0.3 is 6.09 Å². The zero-order valence-electron chi connectivity index (χ0n) is 16.2. The molecule has 2 aliphatic rings. The van der Waals surface area contributed by atoms with Crippen molar-refractivity contribution in [3.8, 4) is 0 Å². The Morgan fingerprint density at radius 3 is 2.29 bits per heavy atom. The van der Waals surface area contributed by atoms with Gasteiger partial charge in [0.2, 0.25) is 5.91 Å². The first-order chi connectivity index (χ1) is 11.0. The van der Waals surface area contributed by atoms with Crippen LogP contribution in [0.4, 0.5) is 4.79 Å². The van der Waals surface area contributed by atoms with Gasteiger partial charge < -0.3 is 14.5 Å². The summed E-state index contributed by atoms with van der Waals surface area (Å²) >= 11 is 0. The van der Waals surface area contributed by atoms with Crippen molar-refractivity contribution in [2.24, 2.45) is 11.3 Å². The molecule has 2 saturated heterocycles. The van der Waals surface area contributed by atoms with E-state index in [4.69, 9.17) is 4.74 Å². The predicted octanol–water partition coefficient (Wildman–Crippen LogP) is 3.67. The monoisotopic (exact) mass is 338 g/mol. The topological polar surface area (TPSA) is 49.9 Å². The highest BCUT2D eigenvalue weighted by Crippen LogP contribution is 2.32. The van der Waals surface area contributed by atoms with Gasteiger partial charge in [-0.25, -0.2) is 4.79 Å². The minimum atomic E-state index is -0.494. The summed E-state index contributed by atoms with van der Waals surface area (Å²) in [5.74, 6) is 0.158. The predicted molar refractivity (Wildman–Crippen MR) is 94.7 cm³/mol. The summed E-state index contributed by atoms with van der Waals surface area (Å²) in [6.07, 6.45) is 3.68. The maximum Gasteiger partial charge on any atom is 0.410 e. The van der Waals surface area contributed by atoms with Gasteiger partial charge in [0.1, 0.15) is 5.60 Å². The molecule has 0 aromatic carbocycles. The molecule has 2 atom stereocenters. The number of carbonyl (C=O) groups is 2. The molecule has 0 aromatic heterocycles. The summed E-state index contributed by atoms with van der Waals surface area (Å²) in [7, 11) is 0. The first-order valence-electron chi connectivity index (χ1n) is 9.25. The second kappa shape index (κ2) is 6.93. The molecule has 0 saturated carbocycles. The zero-order valence-corrected chi connectivity index (χ0v) is 16.2. The molecular formula is C19H34N2O3. The average molecular weight is 338 g/mol. The lowest BCUT2D eigenvalue weighted by Crippen LogP contribution is -2.42. The molecular weight excluding hydrogens is 304 g/mol. The highest BCUT2D eigenvalue weighted by molar-refractivity contribution is 5.81. The largest absolute Gasteiger partial charge is 0.444 e. The molecule has 2 heterocycles. The van der Waals surface area contributed by atoms with Crippen LogP contribution >= 0.6 is 0 Å². The standard InChI is InChI=1S/C19H34N2O3/c1-18(2,3)12-15-8-7-10-21(15)16(22)14-9-11-20(13-14)17(23)24-19(4,5)6/h14-15H,7-13H2,1-6H3. The molecule has 2 amide bonds. The van der Waals surface area contributed by atoms with E-state index in [1.54, 1.807) is 4.90 Å². The molecule has 2 rings (SSSR count). The fourth-order valence-corrected chi connectivity index (χ4v) is 3.73. The van der Waals surface area contributed by atoms with Crippen molar-refractivity contribution in [2.75, 3.05) is 19.6 Å². The van der Waals surface area contributed by atoms with Gasteiger partial charge in [0, 0.05) is 25.7 Å². The van der Waals surface area contributed by atoms with Crippen LogP contribution in [0.1, 0.15) is 67.2 Å². The maximum atomic E-state index is 12.9. The molecule has 2 aliphatic heterocycles. The molecule has 0 aromatic rings. The second-order valence-corrected chi connectivity index (χ2v) is 9.50. The number of ether oxygens (including phenoxy) is 1. The van der Waals surface area contributed by atoms with Crippen LogP contribution in [0.15, 0.2) is 0 Å². The number of carbonyl (C=O) groups excluding carboxylic acids is 2. The van der Waals surface area contributed by atoms with Gasteiger partial charge in [-0.3, -0.25) is 4.79 Å². The maximum absolute atomic E-state index is 12.9. The Balaban J connectivity index is 1.93. The third-order valence-corrected chi connectivity index (χ3v) is 4.70. The zero-order chi connectivity index (χ0) is 18.1. The van der Waals surface area contributed by atoms with Gasteiger partial charge in [-0.15, -0.1) is 0 Å². The van der Waals surface area contributed by atoms with E-state index in [1.807, 2.05) is 20.8 Å². The number of hydrogen-bond donors (Lipinski definition) is 0. The van der Waals surface area contributed by atoms with Crippen molar-refractivity contribution >= 4 is 12.0 Å². The Hall–Kier alpha value is -1.26. The van der Waals surface area contributed by atoms with Gasteiger partial charge in [-0.05, 0) is 51.9 Å². The number of hydrogen-bond acceptors (Lipinski definition) is 3. The third-order valence-electron chi connectivity index (χ3n) is 4.70. The summed E-state index contributed by atoms with van der Waals surface area (Å²) in [5, 5.41) is 0. The fraction of sp³-hybridized carbons (Fsp3) is 0.895. The van der Waals surface area contributed by atoms with Gasteiger partial charge in [-0.1, -0.05) is 20.8 Å². The van der Waals surface area contributed by atoms with Gasteiger partial charge in [0.25, 0.3) is 0 Å². The lowest BCUT2D eigenvalue weighted by atomic mass is 9.87. The summed E-state index contributed by atoms with van der Waals surface area (Å²) < 4.78 is 5.42. The quantitative estimate of drug-likeness (QED) is 0.772. The van der Waals surface area contributed by atoms with Crippen LogP contribution in [0.3, 0.4) is 0 Å². The van der Waals surface area contributed by atoms with Crippen LogP contribution in [0.2, 0.25) is 0 Å². The Morgan fingerprint density at radius 1 is 1.04 bits per heavy atom. The van der Waals surface area contributed by atoms with Crippen molar-refractivity contribution < 1.29 is 14.3 Å². The van der Waals surface area contributed by atoms with E-state index >= 15 is 0 Å². The van der Waals surface area contributed by atoms with E-state index < -0.39 is 5.60 Å². The molecule has 24 heavy (non-hydrogen) atoms. The summed E-state index contributed by atoms with van der Waals surface area (Å²) in [6.45, 7) is 14.3. The Kier molecular flexibility index (Phi) is 5.50. The van der Waals surface area contributed by atoms with Crippen molar-refractivity contribution in [3.05, 3.63) is 0 Å². The van der Waals surface area contributed by atoms with E-state index in [0.717, 1.165) is 32.2 Å². The minimum Gasteiger partial charge on any atom is -0.444 e. The average Bonchev–Trinajstić information content (AvgIpc) is 3.02. The molecule has 5 nitrogen and oxygen atoms in total. The van der Waals surface area contributed by atoms with E-state index in [9.17, 15) is 9.59 Å². The summed E-state index contributed by atoms with van der Waals surface area (Å²) in [5.41, 5.74) is -0.266. The summed E-state index contributed by atoms with van der Waals surface area (Å²) in [6, 6.07) is 0.355.